The van der Waals surface area contributed by atoms with Gasteiger partial charge in [0.25, 0.3) is 0 Å². The van der Waals surface area contributed by atoms with Gasteiger partial charge in [-0.15, -0.1) is 0 Å². The number of fused-ring (bicyclic) bond motifs is 3. The quantitative estimate of drug-likeness (QED) is 0.0866. The molecule has 2 aromatic carbocycles. The zero-order chi connectivity index (χ0) is 44.0. The molecule has 12 nitrogen and oxygen atoms in total. The van der Waals surface area contributed by atoms with Crippen molar-refractivity contribution in [2.24, 2.45) is 5.92 Å². The van der Waals surface area contributed by atoms with Gasteiger partial charge in [-0.3, -0.25) is 14.5 Å². The summed E-state index contributed by atoms with van der Waals surface area (Å²) in [5, 5.41) is 22.5. The number of piperidine rings is 3. The fourth-order valence-electron chi connectivity index (χ4n) is 6.92. The number of ether oxygens (including phenoxy) is 3. The number of nitrogens with zero attached hydrogens (tertiary/aromatic N) is 1. The molecule has 4 N–H and O–H groups in total. The number of hydrogen-bond donors (Lipinski definition) is 4. The lowest BCUT2D eigenvalue weighted by molar-refractivity contribution is -0.151. The van der Waals surface area contributed by atoms with Crippen LogP contribution in [0.4, 0.5) is 4.79 Å². The Hall–Kier alpha value is -4.00. The smallest absolute Gasteiger partial charge is 0.410 e. The van der Waals surface area contributed by atoms with E-state index in [-0.39, 0.29) is 36.4 Å². The van der Waals surface area contributed by atoms with Gasteiger partial charge in [-0.1, -0.05) is 115 Å². The normalized spacial score (nSPS) is 17.9. The number of carboxylic acids is 1. The van der Waals surface area contributed by atoms with Crippen LogP contribution in [0.5, 0.6) is 0 Å². The summed E-state index contributed by atoms with van der Waals surface area (Å²) in [5.74, 6) is -1.33. The lowest BCUT2D eigenvalue weighted by atomic mass is 9.98. The Morgan fingerprint density at radius 3 is 1.68 bits per heavy atom. The summed E-state index contributed by atoms with van der Waals surface area (Å²) in [6.07, 6.45) is 15.4. The van der Waals surface area contributed by atoms with Gasteiger partial charge in [0.05, 0.1) is 19.1 Å². The molecule has 1 amide bonds. The maximum absolute atomic E-state index is 12.9. The van der Waals surface area contributed by atoms with E-state index in [2.05, 4.69) is 55.7 Å². The van der Waals surface area contributed by atoms with Crippen molar-refractivity contribution in [3.05, 3.63) is 59.7 Å². The number of carboxylic acid groups (broad SMARTS) is 1. The van der Waals surface area contributed by atoms with Gasteiger partial charge in [-0.2, -0.15) is 0 Å². The summed E-state index contributed by atoms with van der Waals surface area (Å²) in [4.78, 5) is 48.1. The lowest BCUT2D eigenvalue weighted by Gasteiger charge is -2.33. The van der Waals surface area contributed by atoms with Crippen LogP contribution in [0, 0.1) is 5.92 Å². The second-order valence-electron chi connectivity index (χ2n) is 15.9. The van der Waals surface area contributed by atoms with Gasteiger partial charge in [0.2, 0.25) is 0 Å². The number of unbranched alkanes of at least 4 members (excludes halogenated alkanes) is 3. The molecule has 0 aromatic heterocycles. The summed E-state index contributed by atoms with van der Waals surface area (Å²) in [6.45, 7) is 15.1. The van der Waals surface area contributed by atoms with E-state index in [1.54, 1.807) is 18.7 Å². The monoisotopic (exact) mass is 840 g/mol. The highest BCUT2D eigenvalue weighted by molar-refractivity contribution is 5.82. The van der Waals surface area contributed by atoms with Crippen LogP contribution in [0.25, 0.3) is 11.1 Å². The van der Waals surface area contributed by atoms with Crippen LogP contribution < -0.4 is 10.6 Å². The minimum atomic E-state index is -0.741. The highest BCUT2D eigenvalue weighted by Gasteiger charge is 2.36. The first-order valence-electron chi connectivity index (χ1n) is 22.8. The summed E-state index contributed by atoms with van der Waals surface area (Å²) < 4.78 is 16.3. The van der Waals surface area contributed by atoms with Gasteiger partial charge in [-0.05, 0) is 106 Å². The van der Waals surface area contributed by atoms with Crippen LogP contribution in [-0.2, 0) is 28.6 Å². The van der Waals surface area contributed by atoms with Crippen molar-refractivity contribution in [2.45, 2.75) is 149 Å². The molecule has 0 saturated carbocycles. The van der Waals surface area contributed by atoms with E-state index in [1.807, 2.05) is 24.3 Å². The molecule has 12 heteroatoms. The Labute approximate surface area is 360 Å². The van der Waals surface area contributed by atoms with Gasteiger partial charge < -0.3 is 35.1 Å². The van der Waals surface area contributed by atoms with Crippen LogP contribution >= 0.6 is 0 Å². The van der Waals surface area contributed by atoms with E-state index >= 15 is 0 Å². The molecule has 338 valence electrons. The van der Waals surface area contributed by atoms with Gasteiger partial charge >= 0.3 is 24.0 Å². The van der Waals surface area contributed by atoms with Crippen molar-refractivity contribution in [1.29, 1.82) is 0 Å². The van der Waals surface area contributed by atoms with Crippen LogP contribution in [0.1, 0.15) is 148 Å². The summed E-state index contributed by atoms with van der Waals surface area (Å²) in [7, 11) is 0. The second kappa shape index (κ2) is 31.8. The standard InChI is InChI=1S/C25H29NO4.C10H19NO2.C5H11N.C4H8O2.C4H10O/c1-2-3-16-29-24(27)23-14-8-9-15-26(23)25(28)30-17-22-20-12-6-4-10-18(20)19-11-5-7-13-21(19)22;1-2-3-8-13-10(12)9-6-4-5-7-11-9;1-2-4-6-5-3-1;1-3(2)4(5)6;1-2-3-4-5/h4-7,10-13,22-23H,2-3,8-9,14-17H2,1H3;9,11H,2-8H2,1H3;6H,1-5H2;3H,1-2H3,(H,5,6);5H,2-4H2,1H3/t23-;9-;;;/m00.../s1. The first-order chi connectivity index (χ1) is 29.1. The van der Waals surface area contributed by atoms with E-state index < -0.39 is 18.1 Å². The van der Waals surface area contributed by atoms with Crippen LogP contribution in [0.2, 0.25) is 0 Å². The third-order valence-electron chi connectivity index (χ3n) is 10.6. The lowest BCUT2D eigenvalue weighted by Crippen LogP contribution is -2.49. The van der Waals surface area contributed by atoms with Gasteiger partial charge in [-0.25, -0.2) is 9.59 Å². The minimum absolute atomic E-state index is 0.0149. The molecule has 0 unspecified atom stereocenters. The van der Waals surface area contributed by atoms with Gasteiger partial charge in [0.1, 0.15) is 18.7 Å². The molecule has 2 atom stereocenters. The zero-order valence-electron chi connectivity index (χ0n) is 37.4. The van der Waals surface area contributed by atoms with E-state index in [9.17, 15) is 19.2 Å². The third-order valence-corrected chi connectivity index (χ3v) is 10.6. The number of aliphatic carboxylic acids is 1. The molecular weight excluding hydrogens is 763 g/mol. The number of likely N-dealkylation sites (tertiary alicyclic amines) is 1. The number of rotatable bonds is 13. The highest BCUT2D eigenvalue weighted by Crippen LogP contribution is 2.44. The SMILES string of the molecule is C1CCNCC1.CC(C)C(=O)O.CCCCO.CCCCOC(=O)[C@@H]1CCCCN1.CCCCOC(=O)[C@@H]1CCCCN1C(=O)OCC1c2ccccc2-c2ccccc21. The van der Waals surface area contributed by atoms with Crippen LogP contribution in [-0.4, -0.2) is 104 Å². The molecule has 0 spiro atoms. The first-order valence-corrected chi connectivity index (χ1v) is 22.8. The largest absolute Gasteiger partial charge is 0.481 e. The Bertz CT molecular complexity index is 1430. The Balaban J connectivity index is 0.000000336. The number of nitrogens with one attached hydrogen (secondary N) is 2. The Kier molecular flexibility index (Phi) is 27.6. The van der Waals surface area contributed by atoms with Crippen LogP contribution in [0.3, 0.4) is 0 Å². The van der Waals surface area contributed by atoms with Gasteiger partial charge in [0.15, 0.2) is 0 Å². The predicted molar refractivity (Wildman–Crippen MR) is 238 cm³/mol. The molecular formula is C48H77N3O9. The number of aliphatic hydroxyl groups excluding tert-OH is 1. The van der Waals surface area contributed by atoms with Crippen molar-refractivity contribution < 1.29 is 43.6 Å². The Morgan fingerprint density at radius 2 is 1.23 bits per heavy atom. The summed E-state index contributed by atoms with van der Waals surface area (Å²) >= 11 is 0. The summed E-state index contributed by atoms with van der Waals surface area (Å²) in [6, 6.07) is 16.0. The first kappa shape index (κ1) is 52.1. The maximum Gasteiger partial charge on any atom is 0.410 e. The van der Waals surface area contributed by atoms with Crippen molar-refractivity contribution >= 4 is 24.0 Å². The molecule has 6 rings (SSSR count). The molecule has 0 radical (unpaired) electrons. The van der Waals surface area contributed by atoms with Crippen molar-refractivity contribution in [2.75, 3.05) is 52.6 Å². The molecule has 2 aromatic rings. The van der Waals surface area contributed by atoms with E-state index in [0.717, 1.165) is 70.8 Å². The number of benzene rings is 2. The van der Waals surface area contributed by atoms with Crippen molar-refractivity contribution in [1.82, 2.24) is 15.5 Å². The second-order valence-corrected chi connectivity index (χ2v) is 15.9. The molecule has 4 aliphatic rings. The summed E-state index contributed by atoms with van der Waals surface area (Å²) in [5.41, 5.74) is 4.76. The number of aliphatic hydroxyl groups is 1. The number of hydrogen-bond acceptors (Lipinski definition) is 10. The zero-order valence-corrected chi connectivity index (χ0v) is 37.4. The number of amides is 1. The average Bonchev–Trinajstić information content (AvgIpc) is 3.61. The number of carbonyl (C=O) groups excluding carboxylic acids is 3. The van der Waals surface area contributed by atoms with Crippen LogP contribution in [0.15, 0.2) is 48.5 Å². The van der Waals surface area contributed by atoms with E-state index in [1.165, 1.54) is 61.0 Å². The molecule has 3 heterocycles. The predicted octanol–water partition coefficient (Wildman–Crippen LogP) is 8.87. The van der Waals surface area contributed by atoms with E-state index in [4.69, 9.17) is 24.4 Å². The highest BCUT2D eigenvalue weighted by atomic mass is 16.6. The molecule has 3 aliphatic heterocycles. The Morgan fingerprint density at radius 1 is 0.700 bits per heavy atom. The maximum atomic E-state index is 12.9. The molecule has 0 bridgehead atoms. The van der Waals surface area contributed by atoms with E-state index in [0.29, 0.717) is 32.8 Å². The average molecular weight is 840 g/mol. The fraction of sp³-hybridized carbons (Fsp3) is 0.667. The number of carbonyl (C=O) groups is 4. The molecule has 3 fully saturated rings. The van der Waals surface area contributed by atoms with Crippen molar-refractivity contribution in [3.8, 4) is 11.1 Å². The fourth-order valence-corrected chi connectivity index (χ4v) is 6.92. The molecule has 1 aliphatic carbocycles. The minimum Gasteiger partial charge on any atom is -0.481 e. The van der Waals surface area contributed by atoms with Gasteiger partial charge in [0, 0.05) is 19.1 Å². The molecule has 60 heavy (non-hydrogen) atoms. The number of esters is 2. The topological polar surface area (TPSA) is 164 Å². The molecule has 3 saturated heterocycles. The van der Waals surface area contributed by atoms with Crippen molar-refractivity contribution in [3.63, 3.8) is 0 Å². The third kappa shape index (κ3) is 19.6.